The lowest BCUT2D eigenvalue weighted by Crippen LogP contribution is -2.44. The molecular formula is C21H30N2O3. The van der Waals surface area contributed by atoms with Crippen LogP contribution in [0, 0.1) is 25.7 Å². The second-order valence-electron chi connectivity index (χ2n) is 7.78. The molecule has 1 aromatic carbocycles. The SMILES string of the molecule is Cc1ccc(CCC(=O)N2CCC([C@H]3OCC[C@@H]3C(N)=O)CC2)c(C)c1. The number of carbonyl (C=O) groups excluding carboxylic acids is 2. The summed E-state index contributed by atoms with van der Waals surface area (Å²) in [6.45, 7) is 6.31. The van der Waals surface area contributed by atoms with Crippen LogP contribution in [0.2, 0.25) is 0 Å². The van der Waals surface area contributed by atoms with E-state index in [2.05, 4.69) is 32.0 Å². The molecule has 2 aliphatic heterocycles. The van der Waals surface area contributed by atoms with E-state index in [-0.39, 0.29) is 23.8 Å². The number of hydrogen-bond donors (Lipinski definition) is 1. The molecule has 0 spiro atoms. The molecule has 2 atom stereocenters. The molecule has 0 bridgehead atoms. The van der Waals surface area contributed by atoms with Crippen molar-refractivity contribution in [2.45, 2.75) is 52.1 Å². The van der Waals surface area contributed by atoms with Crippen molar-refractivity contribution < 1.29 is 14.3 Å². The monoisotopic (exact) mass is 358 g/mol. The van der Waals surface area contributed by atoms with Crippen LogP contribution in [0.3, 0.4) is 0 Å². The molecule has 26 heavy (non-hydrogen) atoms. The number of aryl methyl sites for hydroxylation is 3. The third-order valence-electron chi connectivity index (χ3n) is 5.96. The van der Waals surface area contributed by atoms with E-state index < -0.39 is 0 Å². The molecular weight excluding hydrogens is 328 g/mol. The van der Waals surface area contributed by atoms with Gasteiger partial charge in [0.05, 0.1) is 12.0 Å². The number of carbonyl (C=O) groups is 2. The lowest BCUT2D eigenvalue weighted by molar-refractivity contribution is -0.134. The van der Waals surface area contributed by atoms with Crippen LogP contribution in [0.15, 0.2) is 18.2 Å². The highest BCUT2D eigenvalue weighted by molar-refractivity contribution is 5.78. The molecule has 2 N–H and O–H groups in total. The van der Waals surface area contributed by atoms with Gasteiger partial charge in [0.2, 0.25) is 11.8 Å². The van der Waals surface area contributed by atoms with E-state index in [9.17, 15) is 9.59 Å². The van der Waals surface area contributed by atoms with Gasteiger partial charge in [0, 0.05) is 26.1 Å². The summed E-state index contributed by atoms with van der Waals surface area (Å²) in [7, 11) is 0. The molecule has 1 aromatic rings. The second-order valence-corrected chi connectivity index (χ2v) is 7.78. The molecule has 2 aliphatic rings. The first kappa shape index (κ1) is 18.9. The Kier molecular flexibility index (Phi) is 5.97. The number of nitrogens with zero attached hydrogens (tertiary/aromatic N) is 1. The number of likely N-dealkylation sites (tertiary alicyclic amines) is 1. The van der Waals surface area contributed by atoms with E-state index >= 15 is 0 Å². The molecule has 0 radical (unpaired) electrons. The van der Waals surface area contributed by atoms with E-state index in [1.807, 2.05) is 4.90 Å². The normalized spacial score (nSPS) is 24.0. The van der Waals surface area contributed by atoms with E-state index in [1.54, 1.807) is 0 Å². The number of hydrogen-bond acceptors (Lipinski definition) is 3. The van der Waals surface area contributed by atoms with Gasteiger partial charge < -0.3 is 15.4 Å². The molecule has 142 valence electrons. The molecule has 2 fully saturated rings. The topological polar surface area (TPSA) is 72.6 Å². The van der Waals surface area contributed by atoms with Crippen molar-refractivity contribution in [3.8, 4) is 0 Å². The molecule has 2 heterocycles. The van der Waals surface area contributed by atoms with Crippen LogP contribution >= 0.6 is 0 Å². The number of nitrogens with two attached hydrogens (primary N) is 1. The van der Waals surface area contributed by atoms with Crippen molar-refractivity contribution in [3.05, 3.63) is 34.9 Å². The van der Waals surface area contributed by atoms with Crippen LogP contribution in [0.5, 0.6) is 0 Å². The summed E-state index contributed by atoms with van der Waals surface area (Å²) in [4.78, 5) is 26.1. The minimum atomic E-state index is -0.250. The molecule has 5 heteroatoms. The van der Waals surface area contributed by atoms with Crippen molar-refractivity contribution in [1.29, 1.82) is 0 Å². The smallest absolute Gasteiger partial charge is 0.223 e. The standard InChI is InChI=1S/C21H30N2O3/c1-14-3-4-16(15(2)13-14)5-6-19(24)23-10-7-17(8-11-23)20-18(21(22)25)9-12-26-20/h3-4,13,17-18,20H,5-12H2,1-2H3,(H2,22,25)/t18-,20+/m0/s1. The van der Waals surface area contributed by atoms with E-state index in [4.69, 9.17) is 10.5 Å². The zero-order valence-corrected chi connectivity index (χ0v) is 15.9. The summed E-state index contributed by atoms with van der Waals surface area (Å²) < 4.78 is 5.79. The minimum absolute atomic E-state index is 0.0556. The van der Waals surface area contributed by atoms with Gasteiger partial charge in [-0.15, -0.1) is 0 Å². The van der Waals surface area contributed by atoms with Crippen molar-refractivity contribution in [2.24, 2.45) is 17.6 Å². The molecule has 3 rings (SSSR count). The van der Waals surface area contributed by atoms with Gasteiger partial charge in [-0.05, 0) is 56.6 Å². The summed E-state index contributed by atoms with van der Waals surface area (Å²) in [5.41, 5.74) is 9.27. The number of piperidine rings is 1. The summed E-state index contributed by atoms with van der Waals surface area (Å²) in [5, 5.41) is 0. The predicted octanol–water partition coefficient (Wildman–Crippen LogP) is 2.37. The fourth-order valence-electron chi connectivity index (χ4n) is 4.38. The van der Waals surface area contributed by atoms with Crippen molar-refractivity contribution >= 4 is 11.8 Å². The highest BCUT2D eigenvalue weighted by Gasteiger charge is 2.39. The Morgan fingerprint density at radius 1 is 1.19 bits per heavy atom. The number of primary amides is 1. The van der Waals surface area contributed by atoms with E-state index in [0.29, 0.717) is 18.9 Å². The number of ether oxygens (including phenoxy) is 1. The Bertz CT molecular complexity index is 665. The Morgan fingerprint density at radius 2 is 1.92 bits per heavy atom. The lowest BCUT2D eigenvalue weighted by Gasteiger charge is -2.35. The van der Waals surface area contributed by atoms with Gasteiger partial charge in [0.25, 0.3) is 0 Å². The largest absolute Gasteiger partial charge is 0.377 e. The summed E-state index contributed by atoms with van der Waals surface area (Å²) in [6, 6.07) is 6.41. The lowest BCUT2D eigenvalue weighted by atomic mass is 9.84. The highest BCUT2D eigenvalue weighted by Crippen LogP contribution is 2.33. The summed E-state index contributed by atoms with van der Waals surface area (Å²) in [6.07, 6.45) is 3.81. The van der Waals surface area contributed by atoms with Gasteiger partial charge in [-0.2, -0.15) is 0 Å². The first-order chi connectivity index (χ1) is 12.5. The van der Waals surface area contributed by atoms with E-state index in [1.165, 1.54) is 16.7 Å². The van der Waals surface area contributed by atoms with Crippen molar-refractivity contribution in [3.63, 3.8) is 0 Å². The molecule has 2 saturated heterocycles. The minimum Gasteiger partial charge on any atom is -0.377 e. The van der Waals surface area contributed by atoms with Gasteiger partial charge in [0.15, 0.2) is 0 Å². The number of benzene rings is 1. The molecule has 0 saturated carbocycles. The van der Waals surface area contributed by atoms with Crippen LogP contribution < -0.4 is 5.73 Å². The summed E-state index contributed by atoms with van der Waals surface area (Å²) in [5.74, 6) is 0.145. The van der Waals surface area contributed by atoms with Crippen LogP contribution in [-0.4, -0.2) is 42.5 Å². The van der Waals surface area contributed by atoms with Gasteiger partial charge in [0.1, 0.15) is 0 Å². The Hall–Kier alpha value is -1.88. The van der Waals surface area contributed by atoms with E-state index in [0.717, 1.165) is 38.8 Å². The van der Waals surface area contributed by atoms with Crippen LogP contribution in [0.25, 0.3) is 0 Å². The molecule has 0 aliphatic carbocycles. The zero-order valence-electron chi connectivity index (χ0n) is 15.9. The molecule has 0 aromatic heterocycles. The Labute approximate surface area is 155 Å². The number of rotatable bonds is 5. The van der Waals surface area contributed by atoms with Gasteiger partial charge in [-0.25, -0.2) is 0 Å². The van der Waals surface area contributed by atoms with Crippen molar-refractivity contribution in [1.82, 2.24) is 4.90 Å². The fourth-order valence-corrected chi connectivity index (χ4v) is 4.38. The maximum absolute atomic E-state index is 12.6. The third-order valence-corrected chi connectivity index (χ3v) is 5.96. The maximum Gasteiger partial charge on any atom is 0.223 e. The average Bonchev–Trinajstić information content (AvgIpc) is 3.11. The zero-order chi connectivity index (χ0) is 18.7. The molecule has 5 nitrogen and oxygen atoms in total. The highest BCUT2D eigenvalue weighted by atomic mass is 16.5. The van der Waals surface area contributed by atoms with Gasteiger partial charge >= 0.3 is 0 Å². The third kappa shape index (κ3) is 4.26. The molecule has 0 unspecified atom stereocenters. The predicted molar refractivity (Wildman–Crippen MR) is 101 cm³/mol. The Balaban J connectivity index is 1.48. The first-order valence-corrected chi connectivity index (χ1v) is 9.70. The first-order valence-electron chi connectivity index (χ1n) is 9.70. The van der Waals surface area contributed by atoms with Crippen LogP contribution in [0.1, 0.15) is 42.4 Å². The second kappa shape index (κ2) is 8.21. The fraction of sp³-hybridized carbons (Fsp3) is 0.619. The Morgan fingerprint density at radius 3 is 2.58 bits per heavy atom. The van der Waals surface area contributed by atoms with Crippen LogP contribution in [-0.2, 0) is 20.7 Å². The number of amides is 2. The molecule has 2 amide bonds. The van der Waals surface area contributed by atoms with Gasteiger partial charge in [-0.1, -0.05) is 23.8 Å². The van der Waals surface area contributed by atoms with Crippen molar-refractivity contribution in [2.75, 3.05) is 19.7 Å². The van der Waals surface area contributed by atoms with Gasteiger partial charge in [-0.3, -0.25) is 9.59 Å². The maximum atomic E-state index is 12.6. The summed E-state index contributed by atoms with van der Waals surface area (Å²) >= 11 is 0. The quantitative estimate of drug-likeness (QED) is 0.878. The van der Waals surface area contributed by atoms with Crippen LogP contribution in [0.4, 0.5) is 0 Å². The average molecular weight is 358 g/mol.